The summed E-state index contributed by atoms with van der Waals surface area (Å²) in [6.45, 7) is 1.90. The number of anilines is 1. The van der Waals surface area contributed by atoms with E-state index in [1.807, 2.05) is 6.92 Å². The second kappa shape index (κ2) is 10.2. The van der Waals surface area contributed by atoms with Gasteiger partial charge >= 0.3 is 0 Å². The molecule has 0 atom stereocenters. The van der Waals surface area contributed by atoms with E-state index >= 15 is 0 Å². The van der Waals surface area contributed by atoms with Crippen LogP contribution < -0.4 is 14.8 Å². The quantitative estimate of drug-likeness (QED) is 0.495. The van der Waals surface area contributed by atoms with Crippen molar-refractivity contribution in [2.24, 2.45) is 0 Å². The smallest absolute Gasteiger partial charge is 0.255 e. The van der Waals surface area contributed by atoms with Crippen molar-refractivity contribution in [3.63, 3.8) is 0 Å². The number of nitrogens with zero attached hydrogens (tertiary/aromatic N) is 1. The van der Waals surface area contributed by atoms with Crippen LogP contribution in [-0.2, 0) is 16.6 Å². The Hall–Kier alpha value is -3.07. The van der Waals surface area contributed by atoms with Crippen molar-refractivity contribution >= 4 is 33.2 Å². The van der Waals surface area contributed by atoms with Gasteiger partial charge in [-0.15, -0.1) is 0 Å². The number of aryl methyl sites for hydroxylation is 1. The Labute approximate surface area is 198 Å². The molecule has 0 fully saturated rings. The number of sulfonamides is 1. The van der Waals surface area contributed by atoms with Crippen LogP contribution in [0.4, 0.5) is 5.69 Å². The summed E-state index contributed by atoms with van der Waals surface area (Å²) in [4.78, 5) is 13.1. The highest BCUT2D eigenvalue weighted by atomic mass is 35.5. The van der Waals surface area contributed by atoms with Crippen molar-refractivity contribution in [1.82, 2.24) is 4.31 Å². The van der Waals surface area contributed by atoms with E-state index in [9.17, 15) is 13.2 Å². The Morgan fingerprint density at radius 1 is 0.970 bits per heavy atom. The monoisotopic (exact) mass is 488 g/mol. The minimum atomic E-state index is -3.73. The molecular weight excluding hydrogens is 464 g/mol. The average Bonchev–Trinajstić information content (AvgIpc) is 2.79. The number of hydrogen-bond acceptors (Lipinski definition) is 5. The molecule has 3 aromatic carbocycles. The van der Waals surface area contributed by atoms with E-state index < -0.39 is 15.9 Å². The molecule has 9 heteroatoms. The summed E-state index contributed by atoms with van der Waals surface area (Å²) < 4.78 is 37.9. The van der Waals surface area contributed by atoms with Crippen molar-refractivity contribution in [3.05, 3.63) is 82.4 Å². The summed E-state index contributed by atoms with van der Waals surface area (Å²) in [6.07, 6.45) is 0. The minimum Gasteiger partial charge on any atom is -0.496 e. The number of methoxy groups -OCH3 is 2. The van der Waals surface area contributed by atoms with Crippen LogP contribution in [0.15, 0.2) is 65.6 Å². The molecule has 1 amide bonds. The standard InChI is InChI=1S/C24H25ClN2O5S/c1-16-5-9-20(10-6-16)33(29,30)27(2)15-18-13-17(7-11-22(18)31-3)24(28)26-21-14-19(25)8-12-23(21)32-4/h5-14H,15H2,1-4H3,(H,26,28). The number of carbonyl (C=O) groups is 1. The number of ether oxygens (including phenoxy) is 2. The van der Waals surface area contributed by atoms with Crippen LogP contribution >= 0.6 is 11.6 Å². The van der Waals surface area contributed by atoms with Crippen molar-refractivity contribution < 1.29 is 22.7 Å². The molecule has 0 aliphatic rings. The summed E-state index contributed by atoms with van der Waals surface area (Å²) >= 11 is 6.04. The molecule has 3 rings (SSSR count). The predicted molar refractivity (Wildman–Crippen MR) is 129 cm³/mol. The van der Waals surface area contributed by atoms with Gasteiger partial charge in [0.1, 0.15) is 11.5 Å². The first-order valence-corrected chi connectivity index (χ1v) is 11.8. The van der Waals surface area contributed by atoms with Crippen LogP contribution in [0.2, 0.25) is 5.02 Å². The molecular formula is C24H25ClN2O5S. The Balaban J connectivity index is 1.87. The first-order valence-electron chi connectivity index (χ1n) is 10.0. The fourth-order valence-corrected chi connectivity index (χ4v) is 4.55. The Morgan fingerprint density at radius 2 is 1.61 bits per heavy atom. The second-order valence-electron chi connectivity index (χ2n) is 7.40. The van der Waals surface area contributed by atoms with Gasteiger partial charge in [0.05, 0.1) is 24.8 Å². The lowest BCUT2D eigenvalue weighted by atomic mass is 10.1. The first-order chi connectivity index (χ1) is 15.6. The summed E-state index contributed by atoms with van der Waals surface area (Å²) in [5.41, 5.74) is 2.26. The minimum absolute atomic E-state index is 0.0149. The van der Waals surface area contributed by atoms with Crippen molar-refractivity contribution in [2.75, 3.05) is 26.6 Å². The molecule has 3 aromatic rings. The van der Waals surface area contributed by atoms with Gasteiger partial charge < -0.3 is 14.8 Å². The number of amides is 1. The van der Waals surface area contributed by atoms with E-state index in [1.165, 1.54) is 25.6 Å². The lowest BCUT2D eigenvalue weighted by molar-refractivity contribution is 0.102. The molecule has 0 spiro atoms. The highest BCUT2D eigenvalue weighted by Crippen LogP contribution is 2.29. The van der Waals surface area contributed by atoms with E-state index in [1.54, 1.807) is 60.7 Å². The van der Waals surface area contributed by atoms with Crippen molar-refractivity contribution in [2.45, 2.75) is 18.4 Å². The summed E-state index contributed by atoms with van der Waals surface area (Å²) in [5.74, 6) is 0.534. The molecule has 0 aromatic heterocycles. The predicted octanol–water partition coefficient (Wildman–Crippen LogP) is 4.74. The van der Waals surface area contributed by atoms with Gasteiger partial charge in [-0.3, -0.25) is 4.79 Å². The van der Waals surface area contributed by atoms with E-state index in [0.717, 1.165) is 5.56 Å². The highest BCUT2D eigenvalue weighted by molar-refractivity contribution is 7.89. The van der Waals surface area contributed by atoms with Crippen molar-refractivity contribution in [1.29, 1.82) is 0 Å². The fraction of sp³-hybridized carbons (Fsp3) is 0.208. The lowest BCUT2D eigenvalue weighted by Gasteiger charge is -2.19. The van der Waals surface area contributed by atoms with Crippen molar-refractivity contribution in [3.8, 4) is 11.5 Å². The largest absolute Gasteiger partial charge is 0.496 e. The van der Waals surface area contributed by atoms with Crippen LogP contribution in [0.3, 0.4) is 0 Å². The van der Waals surface area contributed by atoms with Gasteiger partial charge in [-0.05, 0) is 55.5 Å². The molecule has 0 unspecified atom stereocenters. The van der Waals surface area contributed by atoms with Gasteiger partial charge in [-0.2, -0.15) is 4.31 Å². The Morgan fingerprint density at radius 3 is 2.24 bits per heavy atom. The third kappa shape index (κ3) is 5.65. The van der Waals surface area contributed by atoms with Gasteiger partial charge in [0.25, 0.3) is 5.91 Å². The zero-order chi connectivity index (χ0) is 24.2. The molecule has 174 valence electrons. The molecule has 0 radical (unpaired) electrons. The maximum atomic E-state index is 13.0. The molecule has 0 aliphatic heterocycles. The third-order valence-corrected chi connectivity index (χ3v) is 7.13. The number of carbonyl (C=O) groups excluding carboxylic acids is 1. The number of halogens is 1. The molecule has 1 N–H and O–H groups in total. The first kappa shape index (κ1) is 24.6. The third-order valence-electron chi connectivity index (χ3n) is 5.07. The zero-order valence-corrected chi connectivity index (χ0v) is 20.3. The molecule has 0 bridgehead atoms. The molecule has 33 heavy (non-hydrogen) atoms. The number of benzene rings is 3. The van der Waals surface area contributed by atoms with Gasteiger partial charge in [-0.1, -0.05) is 29.3 Å². The number of nitrogens with one attached hydrogen (secondary N) is 1. The highest BCUT2D eigenvalue weighted by Gasteiger charge is 2.23. The summed E-state index contributed by atoms with van der Waals surface area (Å²) in [5, 5.41) is 3.23. The maximum absolute atomic E-state index is 13.0. The van der Waals surface area contributed by atoms with Gasteiger partial charge in [0.2, 0.25) is 10.0 Å². The van der Waals surface area contributed by atoms with E-state index in [-0.39, 0.29) is 11.4 Å². The average molecular weight is 489 g/mol. The Kier molecular flexibility index (Phi) is 7.63. The van der Waals surface area contributed by atoms with Crippen LogP contribution in [-0.4, -0.2) is 39.9 Å². The van der Waals surface area contributed by atoms with Crippen LogP contribution in [0.25, 0.3) is 0 Å². The molecule has 0 saturated heterocycles. The maximum Gasteiger partial charge on any atom is 0.255 e. The number of rotatable bonds is 8. The van der Waals surface area contributed by atoms with Gasteiger partial charge in [0.15, 0.2) is 0 Å². The van der Waals surface area contributed by atoms with Crippen LogP contribution in [0.5, 0.6) is 11.5 Å². The lowest BCUT2D eigenvalue weighted by Crippen LogP contribution is -2.27. The normalized spacial score (nSPS) is 11.3. The molecule has 0 aliphatic carbocycles. The molecule has 7 nitrogen and oxygen atoms in total. The molecule has 0 saturated carbocycles. The fourth-order valence-electron chi connectivity index (χ4n) is 3.23. The van der Waals surface area contributed by atoms with E-state index in [0.29, 0.717) is 33.3 Å². The Bertz CT molecular complexity index is 1260. The second-order valence-corrected chi connectivity index (χ2v) is 9.88. The number of hydrogen-bond donors (Lipinski definition) is 1. The topological polar surface area (TPSA) is 84.9 Å². The van der Waals surface area contributed by atoms with Gasteiger partial charge in [0, 0.05) is 29.7 Å². The summed E-state index contributed by atoms with van der Waals surface area (Å²) in [7, 11) is 0.741. The van der Waals surface area contributed by atoms with Crippen LogP contribution in [0.1, 0.15) is 21.5 Å². The zero-order valence-electron chi connectivity index (χ0n) is 18.8. The van der Waals surface area contributed by atoms with E-state index in [4.69, 9.17) is 21.1 Å². The molecule has 0 heterocycles. The summed E-state index contributed by atoms with van der Waals surface area (Å²) in [6, 6.07) is 16.4. The van der Waals surface area contributed by atoms with Crippen LogP contribution in [0, 0.1) is 6.92 Å². The van der Waals surface area contributed by atoms with E-state index in [2.05, 4.69) is 5.32 Å². The SMILES string of the molecule is COc1ccc(C(=O)Nc2cc(Cl)ccc2OC)cc1CN(C)S(=O)(=O)c1ccc(C)cc1. The van der Waals surface area contributed by atoms with Gasteiger partial charge in [-0.25, -0.2) is 8.42 Å².